The number of nitrogens with zero attached hydrogens (tertiary/aromatic N) is 5. The van der Waals surface area contributed by atoms with Crippen LogP contribution in [0.2, 0.25) is 0 Å². The molecule has 2 saturated carbocycles. The van der Waals surface area contributed by atoms with E-state index in [9.17, 15) is 4.79 Å². The van der Waals surface area contributed by atoms with E-state index in [1.54, 1.807) is 0 Å². The number of carbonyl (C=O) groups excluding carboxylic acids is 1. The zero-order valence-corrected chi connectivity index (χ0v) is 16.0. The van der Waals surface area contributed by atoms with Crippen molar-refractivity contribution >= 4 is 11.6 Å². The monoisotopic (exact) mass is 368 g/mol. The smallest absolute Gasteiger partial charge is 0.242 e. The Morgan fingerprint density at radius 3 is 2.56 bits per heavy atom. The van der Waals surface area contributed by atoms with Gasteiger partial charge in [0.1, 0.15) is 0 Å². The van der Waals surface area contributed by atoms with Crippen molar-refractivity contribution in [3.05, 3.63) is 24.3 Å². The van der Waals surface area contributed by atoms with Crippen LogP contribution in [-0.4, -0.2) is 50.1 Å². The van der Waals surface area contributed by atoms with Crippen molar-refractivity contribution in [2.75, 3.05) is 18.4 Å². The predicted molar refractivity (Wildman–Crippen MR) is 104 cm³/mol. The van der Waals surface area contributed by atoms with Crippen molar-refractivity contribution in [2.45, 2.75) is 64.0 Å². The number of anilines is 1. The van der Waals surface area contributed by atoms with Crippen LogP contribution in [0.5, 0.6) is 0 Å². The van der Waals surface area contributed by atoms with Gasteiger partial charge in [-0.15, -0.1) is 5.10 Å². The maximum absolute atomic E-state index is 12.7. The van der Waals surface area contributed by atoms with E-state index in [1.165, 1.54) is 19.3 Å². The highest BCUT2D eigenvalue weighted by molar-refractivity contribution is 5.81. The minimum Gasteiger partial charge on any atom is -0.376 e. The second kappa shape index (κ2) is 8.06. The highest BCUT2D eigenvalue weighted by atomic mass is 16.2. The molecule has 4 rings (SSSR count). The summed E-state index contributed by atoms with van der Waals surface area (Å²) < 4.78 is 1.91. The summed E-state index contributed by atoms with van der Waals surface area (Å²) in [5.41, 5.74) is 1.94. The maximum atomic E-state index is 12.7. The standard InChI is InChI=1S/C20H28N6O/c1-2-25(17-6-4-3-5-7-17)19(27)14-21-16-10-8-15(9-11-16)20-22-23-24-26(20)18-12-13-18/h8-11,17-18,21H,2-7,12-14H2,1H3. The van der Waals surface area contributed by atoms with Crippen molar-refractivity contribution in [3.8, 4) is 11.4 Å². The summed E-state index contributed by atoms with van der Waals surface area (Å²) in [5, 5.41) is 15.3. The molecule has 0 unspecified atom stereocenters. The Hall–Kier alpha value is -2.44. The van der Waals surface area contributed by atoms with Gasteiger partial charge in [-0.25, -0.2) is 4.68 Å². The fraction of sp³-hybridized carbons (Fsp3) is 0.600. The van der Waals surface area contributed by atoms with Gasteiger partial charge in [0.15, 0.2) is 5.82 Å². The third-order valence-electron chi connectivity index (χ3n) is 5.65. The Kier molecular flexibility index (Phi) is 5.36. The molecule has 7 nitrogen and oxygen atoms in total. The van der Waals surface area contributed by atoms with E-state index in [2.05, 4.69) is 27.8 Å². The van der Waals surface area contributed by atoms with E-state index in [0.29, 0.717) is 18.6 Å². The molecule has 2 fully saturated rings. The Morgan fingerprint density at radius 1 is 1.15 bits per heavy atom. The zero-order valence-electron chi connectivity index (χ0n) is 16.0. The van der Waals surface area contributed by atoms with Crippen molar-refractivity contribution in [1.29, 1.82) is 0 Å². The van der Waals surface area contributed by atoms with Crippen molar-refractivity contribution in [2.24, 2.45) is 0 Å². The fourth-order valence-electron chi connectivity index (χ4n) is 4.00. The SMILES string of the molecule is CCN(C(=O)CNc1ccc(-c2nnnn2C2CC2)cc1)C1CCCCC1. The average Bonchev–Trinajstić information content (AvgIpc) is 3.45. The first-order valence-electron chi connectivity index (χ1n) is 10.2. The quantitative estimate of drug-likeness (QED) is 0.812. The van der Waals surface area contributed by atoms with Gasteiger partial charge in [0.2, 0.25) is 5.91 Å². The highest BCUT2D eigenvalue weighted by Crippen LogP contribution is 2.36. The molecule has 1 aromatic heterocycles. The molecule has 0 spiro atoms. The van der Waals surface area contributed by atoms with E-state index in [4.69, 9.17) is 0 Å². The van der Waals surface area contributed by atoms with Crippen LogP contribution in [0.4, 0.5) is 5.69 Å². The largest absolute Gasteiger partial charge is 0.376 e. The number of hydrogen-bond acceptors (Lipinski definition) is 5. The maximum Gasteiger partial charge on any atom is 0.242 e. The molecule has 0 bridgehead atoms. The molecule has 2 aliphatic carbocycles. The summed E-state index contributed by atoms with van der Waals surface area (Å²) >= 11 is 0. The molecule has 27 heavy (non-hydrogen) atoms. The van der Waals surface area contributed by atoms with Crippen LogP contribution >= 0.6 is 0 Å². The number of aromatic nitrogens is 4. The third kappa shape index (κ3) is 4.12. The lowest BCUT2D eigenvalue weighted by Crippen LogP contribution is -2.43. The van der Waals surface area contributed by atoms with Crippen LogP contribution in [0.25, 0.3) is 11.4 Å². The molecular formula is C20H28N6O. The lowest BCUT2D eigenvalue weighted by molar-refractivity contribution is -0.132. The summed E-state index contributed by atoms with van der Waals surface area (Å²) in [6.45, 7) is 3.20. The molecule has 144 valence electrons. The zero-order chi connectivity index (χ0) is 18.6. The van der Waals surface area contributed by atoms with Crippen molar-refractivity contribution < 1.29 is 4.79 Å². The molecule has 1 N–H and O–H groups in total. The van der Waals surface area contributed by atoms with E-state index >= 15 is 0 Å². The van der Waals surface area contributed by atoms with E-state index in [0.717, 1.165) is 49.3 Å². The minimum atomic E-state index is 0.186. The molecule has 1 heterocycles. The van der Waals surface area contributed by atoms with Gasteiger partial charge < -0.3 is 10.2 Å². The van der Waals surface area contributed by atoms with Crippen LogP contribution in [0.3, 0.4) is 0 Å². The third-order valence-corrected chi connectivity index (χ3v) is 5.65. The molecule has 7 heteroatoms. The Balaban J connectivity index is 1.35. The number of likely N-dealkylation sites (N-methyl/N-ethyl adjacent to an activating group) is 1. The summed E-state index contributed by atoms with van der Waals surface area (Å²) in [5.74, 6) is 1.00. The lowest BCUT2D eigenvalue weighted by Gasteiger charge is -2.33. The van der Waals surface area contributed by atoms with Crippen LogP contribution in [-0.2, 0) is 4.79 Å². The molecular weight excluding hydrogens is 340 g/mol. The Labute approximate surface area is 160 Å². The summed E-state index contributed by atoms with van der Waals surface area (Å²) in [7, 11) is 0. The molecule has 1 amide bonds. The van der Waals surface area contributed by atoms with Gasteiger partial charge in [0.05, 0.1) is 12.6 Å². The lowest BCUT2D eigenvalue weighted by atomic mass is 9.94. The van der Waals surface area contributed by atoms with Crippen molar-refractivity contribution in [1.82, 2.24) is 25.1 Å². The summed E-state index contributed by atoms with van der Waals surface area (Å²) in [6.07, 6.45) is 8.36. The Bertz CT molecular complexity index is 761. The molecule has 0 atom stereocenters. The first-order chi connectivity index (χ1) is 13.3. The molecule has 2 aliphatic rings. The molecule has 1 aromatic carbocycles. The number of benzene rings is 1. The second-order valence-electron chi connectivity index (χ2n) is 7.58. The molecule has 2 aromatic rings. The molecule has 0 aliphatic heterocycles. The first-order valence-corrected chi connectivity index (χ1v) is 10.2. The summed E-state index contributed by atoms with van der Waals surface area (Å²) in [4.78, 5) is 14.7. The van der Waals surface area contributed by atoms with Gasteiger partial charge >= 0.3 is 0 Å². The first kappa shape index (κ1) is 17.9. The molecule has 0 radical (unpaired) electrons. The van der Waals surface area contributed by atoms with Gasteiger partial charge in [0, 0.05) is 23.8 Å². The van der Waals surface area contributed by atoms with Crippen LogP contribution < -0.4 is 5.32 Å². The van der Waals surface area contributed by atoms with Gasteiger partial charge in [-0.2, -0.15) is 0 Å². The van der Waals surface area contributed by atoms with Gasteiger partial charge in [0.25, 0.3) is 0 Å². The van der Waals surface area contributed by atoms with E-state index < -0.39 is 0 Å². The van der Waals surface area contributed by atoms with Gasteiger partial charge in [-0.3, -0.25) is 4.79 Å². The van der Waals surface area contributed by atoms with Crippen LogP contribution in [0.15, 0.2) is 24.3 Å². The second-order valence-corrected chi connectivity index (χ2v) is 7.58. The number of carbonyl (C=O) groups is 1. The van der Waals surface area contributed by atoms with Crippen molar-refractivity contribution in [3.63, 3.8) is 0 Å². The van der Waals surface area contributed by atoms with E-state index in [1.807, 2.05) is 33.8 Å². The predicted octanol–water partition coefficient (Wildman–Crippen LogP) is 3.27. The minimum absolute atomic E-state index is 0.186. The number of rotatable bonds is 7. The summed E-state index contributed by atoms with van der Waals surface area (Å²) in [6, 6.07) is 8.87. The molecule has 0 saturated heterocycles. The highest BCUT2D eigenvalue weighted by Gasteiger charge is 2.28. The number of tetrazole rings is 1. The average molecular weight is 368 g/mol. The Morgan fingerprint density at radius 2 is 1.89 bits per heavy atom. The van der Waals surface area contributed by atoms with Gasteiger partial charge in [-0.1, -0.05) is 19.3 Å². The van der Waals surface area contributed by atoms with E-state index in [-0.39, 0.29) is 5.91 Å². The van der Waals surface area contributed by atoms with Crippen LogP contribution in [0.1, 0.15) is 57.9 Å². The fourth-order valence-corrected chi connectivity index (χ4v) is 4.00. The van der Waals surface area contributed by atoms with Crippen LogP contribution in [0, 0.1) is 0 Å². The number of nitrogens with one attached hydrogen (secondary N) is 1. The number of amides is 1. The van der Waals surface area contributed by atoms with Gasteiger partial charge in [-0.05, 0) is 67.3 Å². The number of hydrogen-bond donors (Lipinski definition) is 1. The topological polar surface area (TPSA) is 75.9 Å². The normalized spacial score (nSPS) is 17.7.